The average molecular weight is 284 g/mol. The molecule has 0 radical (unpaired) electrons. The molecule has 0 amide bonds. The van der Waals surface area contributed by atoms with Gasteiger partial charge in [0, 0.05) is 15.7 Å². The lowest BCUT2D eigenvalue weighted by Gasteiger charge is -2.11. The minimum atomic E-state index is -0.296. The van der Waals surface area contributed by atoms with Crippen LogP contribution in [-0.4, -0.2) is 18.0 Å². The van der Waals surface area contributed by atoms with Crippen molar-refractivity contribution in [1.82, 2.24) is 0 Å². The van der Waals surface area contributed by atoms with Crippen LogP contribution < -0.4 is 5.73 Å². The summed E-state index contributed by atoms with van der Waals surface area (Å²) in [6.45, 7) is 1.99. The number of hydrogen-bond acceptors (Lipinski definition) is 3. The second-order valence-electron chi connectivity index (χ2n) is 4.12. The van der Waals surface area contributed by atoms with Crippen LogP contribution in [0.5, 0.6) is 0 Å². The van der Waals surface area contributed by atoms with Gasteiger partial charge in [0.2, 0.25) is 0 Å². The number of hydrogen-bond donors (Lipinski definition) is 1. The number of Topliss-reactive ketones (excluding diaryl/α,β-unsaturated/α-hetero) is 1. The number of anilines is 1. The number of benzene rings is 1. The Kier molecular flexibility index (Phi) is 3.30. The van der Waals surface area contributed by atoms with Gasteiger partial charge in [-0.2, -0.15) is 0 Å². The van der Waals surface area contributed by atoms with Crippen molar-refractivity contribution in [3.05, 3.63) is 28.2 Å². The zero-order valence-electron chi connectivity index (χ0n) is 9.07. The summed E-state index contributed by atoms with van der Waals surface area (Å²) < 4.78 is 6.30. The first-order chi connectivity index (χ1) is 7.58. The maximum Gasteiger partial charge on any atom is 0.192 e. The molecule has 0 saturated carbocycles. The molecule has 1 fully saturated rings. The van der Waals surface area contributed by atoms with Crippen molar-refractivity contribution >= 4 is 27.4 Å². The van der Waals surface area contributed by atoms with Gasteiger partial charge >= 0.3 is 0 Å². The number of nitrogen functional groups attached to an aromatic ring is 1. The first-order valence-corrected chi connectivity index (χ1v) is 6.12. The Morgan fingerprint density at radius 3 is 2.81 bits per heavy atom. The van der Waals surface area contributed by atoms with E-state index in [1.165, 1.54) is 0 Å². The molecule has 86 valence electrons. The van der Waals surface area contributed by atoms with E-state index < -0.39 is 0 Å². The van der Waals surface area contributed by atoms with Gasteiger partial charge in [0.25, 0.3) is 0 Å². The van der Waals surface area contributed by atoms with Crippen molar-refractivity contribution in [1.29, 1.82) is 0 Å². The van der Waals surface area contributed by atoms with Crippen molar-refractivity contribution in [2.24, 2.45) is 0 Å². The number of ether oxygens (including phenoxy) is 1. The minimum absolute atomic E-state index is 0.0382. The molecule has 16 heavy (non-hydrogen) atoms. The molecule has 1 aromatic carbocycles. The predicted octanol–water partition coefficient (Wildman–Crippen LogP) is 2.78. The Morgan fingerprint density at radius 1 is 1.50 bits per heavy atom. The zero-order valence-corrected chi connectivity index (χ0v) is 10.7. The van der Waals surface area contributed by atoms with Gasteiger partial charge in [-0.1, -0.05) is 0 Å². The smallest absolute Gasteiger partial charge is 0.192 e. The summed E-state index contributed by atoms with van der Waals surface area (Å²) in [6.07, 6.45) is 1.64. The van der Waals surface area contributed by atoms with Crippen molar-refractivity contribution < 1.29 is 9.53 Å². The average Bonchev–Trinajstić information content (AvgIpc) is 2.64. The molecule has 0 bridgehead atoms. The van der Waals surface area contributed by atoms with Gasteiger partial charge in [-0.3, -0.25) is 4.79 Å². The van der Waals surface area contributed by atoms with Gasteiger partial charge in [0.05, 0.1) is 6.10 Å². The fraction of sp³-hybridized carbons (Fsp3) is 0.417. The van der Waals surface area contributed by atoms with E-state index in [0.717, 1.165) is 17.3 Å². The first kappa shape index (κ1) is 11.6. The summed E-state index contributed by atoms with van der Waals surface area (Å²) in [4.78, 5) is 12.1. The quantitative estimate of drug-likeness (QED) is 0.671. The van der Waals surface area contributed by atoms with Crippen LogP contribution in [0.2, 0.25) is 0 Å². The molecule has 1 aromatic rings. The normalized spacial score (nSPS) is 24.6. The molecule has 2 N–H and O–H groups in total. The maximum atomic E-state index is 12.1. The summed E-state index contributed by atoms with van der Waals surface area (Å²) in [5.41, 5.74) is 6.92. The number of halogens is 1. The van der Waals surface area contributed by atoms with Crippen LogP contribution in [0.15, 0.2) is 22.7 Å². The fourth-order valence-electron chi connectivity index (χ4n) is 1.90. The standard InChI is InChI=1S/C12H14BrNO2/c1-7-2-5-11(16-7)12(15)9-4-3-8(14)6-10(9)13/h3-4,6-7,11H,2,5,14H2,1H3. The Morgan fingerprint density at radius 2 is 2.25 bits per heavy atom. The third-order valence-corrected chi connectivity index (χ3v) is 3.44. The maximum absolute atomic E-state index is 12.1. The van der Waals surface area contributed by atoms with E-state index in [0.29, 0.717) is 11.3 Å². The minimum Gasteiger partial charge on any atom is -0.399 e. The Bertz CT molecular complexity index is 419. The molecule has 1 aliphatic rings. The summed E-state index contributed by atoms with van der Waals surface area (Å²) in [5, 5.41) is 0. The second-order valence-corrected chi connectivity index (χ2v) is 4.97. The van der Waals surface area contributed by atoms with Crippen molar-refractivity contribution in [3.63, 3.8) is 0 Å². The van der Waals surface area contributed by atoms with E-state index in [2.05, 4.69) is 15.9 Å². The van der Waals surface area contributed by atoms with Crippen LogP contribution in [0, 0.1) is 0 Å². The fourth-order valence-corrected chi connectivity index (χ4v) is 2.49. The molecule has 1 heterocycles. The monoisotopic (exact) mass is 283 g/mol. The van der Waals surface area contributed by atoms with Crippen LogP contribution in [0.4, 0.5) is 5.69 Å². The van der Waals surface area contributed by atoms with Gasteiger partial charge in [-0.15, -0.1) is 0 Å². The summed E-state index contributed by atoms with van der Waals surface area (Å²) in [7, 11) is 0. The zero-order chi connectivity index (χ0) is 11.7. The lowest BCUT2D eigenvalue weighted by Crippen LogP contribution is -2.21. The molecule has 2 unspecified atom stereocenters. The second kappa shape index (κ2) is 4.55. The molecule has 0 aromatic heterocycles. The summed E-state index contributed by atoms with van der Waals surface area (Å²) in [6, 6.07) is 5.22. The molecule has 1 aliphatic heterocycles. The molecule has 2 rings (SSSR count). The van der Waals surface area contributed by atoms with E-state index in [9.17, 15) is 4.79 Å². The van der Waals surface area contributed by atoms with E-state index in [4.69, 9.17) is 10.5 Å². The Hall–Kier alpha value is -0.870. The van der Waals surface area contributed by atoms with E-state index in [1.54, 1.807) is 18.2 Å². The SMILES string of the molecule is CC1CCC(C(=O)c2ccc(N)cc2Br)O1. The van der Waals surface area contributed by atoms with Crippen LogP contribution in [0.1, 0.15) is 30.1 Å². The molecule has 2 atom stereocenters. The van der Waals surface area contributed by atoms with Crippen LogP contribution in [0.3, 0.4) is 0 Å². The molecular weight excluding hydrogens is 270 g/mol. The van der Waals surface area contributed by atoms with Crippen LogP contribution >= 0.6 is 15.9 Å². The summed E-state index contributed by atoms with van der Waals surface area (Å²) in [5.74, 6) is 0.0382. The third-order valence-electron chi connectivity index (χ3n) is 2.78. The van der Waals surface area contributed by atoms with E-state index in [1.807, 2.05) is 6.92 Å². The lowest BCUT2D eigenvalue weighted by molar-refractivity contribution is 0.0433. The van der Waals surface area contributed by atoms with Gasteiger partial charge in [-0.25, -0.2) is 0 Å². The highest BCUT2D eigenvalue weighted by molar-refractivity contribution is 9.10. The van der Waals surface area contributed by atoms with Crippen LogP contribution in [0.25, 0.3) is 0 Å². The van der Waals surface area contributed by atoms with Gasteiger partial charge in [0.1, 0.15) is 6.10 Å². The number of nitrogens with two attached hydrogens (primary N) is 1. The highest BCUT2D eigenvalue weighted by atomic mass is 79.9. The Labute approximate surface area is 103 Å². The third kappa shape index (κ3) is 2.28. The van der Waals surface area contributed by atoms with Gasteiger partial charge in [-0.05, 0) is 53.9 Å². The van der Waals surface area contributed by atoms with Crippen molar-refractivity contribution in [2.45, 2.75) is 32.0 Å². The summed E-state index contributed by atoms with van der Waals surface area (Å²) >= 11 is 3.35. The number of carbonyl (C=O) groups is 1. The predicted molar refractivity (Wildman–Crippen MR) is 66.5 cm³/mol. The van der Waals surface area contributed by atoms with Crippen molar-refractivity contribution in [2.75, 3.05) is 5.73 Å². The van der Waals surface area contributed by atoms with Gasteiger partial charge in [0.15, 0.2) is 5.78 Å². The van der Waals surface area contributed by atoms with E-state index in [-0.39, 0.29) is 18.0 Å². The molecule has 4 heteroatoms. The topological polar surface area (TPSA) is 52.3 Å². The molecule has 3 nitrogen and oxygen atoms in total. The highest BCUT2D eigenvalue weighted by Crippen LogP contribution is 2.27. The molecule has 0 aliphatic carbocycles. The number of ketones is 1. The van der Waals surface area contributed by atoms with E-state index >= 15 is 0 Å². The van der Waals surface area contributed by atoms with Crippen molar-refractivity contribution in [3.8, 4) is 0 Å². The number of rotatable bonds is 2. The van der Waals surface area contributed by atoms with Gasteiger partial charge < -0.3 is 10.5 Å². The lowest BCUT2D eigenvalue weighted by atomic mass is 10.0. The Balaban J connectivity index is 2.21. The molecule has 0 spiro atoms. The number of carbonyl (C=O) groups excluding carboxylic acids is 1. The van der Waals surface area contributed by atoms with Crippen LogP contribution in [-0.2, 0) is 4.74 Å². The largest absolute Gasteiger partial charge is 0.399 e. The first-order valence-electron chi connectivity index (χ1n) is 5.32. The molecular formula is C12H14BrNO2. The highest BCUT2D eigenvalue weighted by Gasteiger charge is 2.29. The molecule has 1 saturated heterocycles.